The molecule has 0 spiro atoms. The number of rotatable bonds is 2. The maximum atomic E-state index is 10.6. The lowest BCUT2D eigenvalue weighted by Gasteiger charge is -2.07. The first kappa shape index (κ1) is 9.45. The summed E-state index contributed by atoms with van der Waals surface area (Å²) in [5.41, 5.74) is 1.88. The summed E-state index contributed by atoms with van der Waals surface area (Å²) in [6.45, 7) is 3.52. The third kappa shape index (κ3) is 1.45. The van der Waals surface area contributed by atoms with Crippen molar-refractivity contribution in [1.82, 2.24) is 0 Å². The Bertz CT molecular complexity index is 367. The summed E-state index contributed by atoms with van der Waals surface area (Å²) < 4.78 is 0. The smallest absolute Gasteiger partial charge is 0.154 e. The van der Waals surface area contributed by atoms with E-state index < -0.39 is 0 Å². The van der Waals surface area contributed by atoms with Crippen LogP contribution in [0, 0.1) is 13.8 Å². The highest BCUT2D eigenvalue weighted by Crippen LogP contribution is 2.25. The first-order valence-electron chi connectivity index (χ1n) is 3.85. The Balaban J connectivity index is 3.56. The van der Waals surface area contributed by atoms with Crippen LogP contribution in [-0.4, -0.2) is 17.7 Å². The molecular formula is C10H10O3. The zero-order chi connectivity index (χ0) is 10.0. The molecule has 3 heteroatoms. The lowest BCUT2D eigenvalue weighted by molar-refractivity contribution is 0.111. The largest absolute Gasteiger partial charge is 0.506 e. The first-order chi connectivity index (χ1) is 6.11. The zero-order valence-electron chi connectivity index (χ0n) is 7.50. The topological polar surface area (TPSA) is 54.4 Å². The van der Waals surface area contributed by atoms with E-state index in [1.807, 2.05) is 0 Å². The van der Waals surface area contributed by atoms with E-state index >= 15 is 0 Å². The molecule has 1 rings (SSSR count). The van der Waals surface area contributed by atoms with Gasteiger partial charge in [-0.3, -0.25) is 9.59 Å². The molecule has 0 unspecified atom stereocenters. The molecule has 0 aliphatic rings. The van der Waals surface area contributed by atoms with E-state index in [1.54, 1.807) is 19.9 Å². The van der Waals surface area contributed by atoms with Crippen molar-refractivity contribution in [3.8, 4) is 5.75 Å². The van der Waals surface area contributed by atoms with Crippen LogP contribution in [0.25, 0.3) is 0 Å². The number of aromatic hydroxyl groups is 1. The third-order valence-corrected chi connectivity index (χ3v) is 2.14. The molecule has 1 aromatic carbocycles. The van der Waals surface area contributed by atoms with Gasteiger partial charge in [0.2, 0.25) is 0 Å². The van der Waals surface area contributed by atoms with E-state index in [2.05, 4.69) is 0 Å². The lowest BCUT2D eigenvalue weighted by atomic mass is 9.99. The van der Waals surface area contributed by atoms with Crippen molar-refractivity contribution < 1.29 is 14.7 Å². The zero-order valence-corrected chi connectivity index (χ0v) is 7.50. The SMILES string of the molecule is Cc1cc(C=O)c(O)c(C=O)c1C. The van der Waals surface area contributed by atoms with Gasteiger partial charge in [-0.1, -0.05) is 0 Å². The summed E-state index contributed by atoms with van der Waals surface area (Å²) >= 11 is 0. The lowest BCUT2D eigenvalue weighted by Crippen LogP contribution is -1.95. The van der Waals surface area contributed by atoms with Gasteiger partial charge in [0.25, 0.3) is 0 Å². The van der Waals surface area contributed by atoms with Gasteiger partial charge in [0.05, 0.1) is 11.1 Å². The van der Waals surface area contributed by atoms with Gasteiger partial charge in [0.15, 0.2) is 12.6 Å². The van der Waals surface area contributed by atoms with Crippen LogP contribution >= 0.6 is 0 Å². The maximum absolute atomic E-state index is 10.6. The third-order valence-electron chi connectivity index (χ3n) is 2.14. The molecule has 0 fully saturated rings. The van der Waals surface area contributed by atoms with Crippen molar-refractivity contribution in [3.05, 3.63) is 28.3 Å². The van der Waals surface area contributed by atoms with Gasteiger partial charge in [-0.15, -0.1) is 0 Å². The highest BCUT2D eigenvalue weighted by molar-refractivity contribution is 5.90. The summed E-state index contributed by atoms with van der Waals surface area (Å²) in [6.07, 6.45) is 1.10. The van der Waals surface area contributed by atoms with Crippen LogP contribution < -0.4 is 0 Å². The molecule has 0 heterocycles. The van der Waals surface area contributed by atoms with Gasteiger partial charge in [-0.25, -0.2) is 0 Å². The Morgan fingerprint density at radius 2 is 1.85 bits per heavy atom. The number of aryl methyl sites for hydroxylation is 1. The van der Waals surface area contributed by atoms with E-state index in [-0.39, 0.29) is 16.9 Å². The van der Waals surface area contributed by atoms with Crippen molar-refractivity contribution in [3.63, 3.8) is 0 Å². The van der Waals surface area contributed by atoms with Gasteiger partial charge >= 0.3 is 0 Å². The minimum Gasteiger partial charge on any atom is -0.506 e. The van der Waals surface area contributed by atoms with E-state index in [1.165, 1.54) is 0 Å². The second-order valence-electron chi connectivity index (χ2n) is 2.91. The molecule has 68 valence electrons. The quantitative estimate of drug-likeness (QED) is 0.700. The van der Waals surface area contributed by atoms with Gasteiger partial charge in [0.1, 0.15) is 5.75 Å². The van der Waals surface area contributed by atoms with E-state index in [0.29, 0.717) is 18.1 Å². The Morgan fingerprint density at radius 1 is 1.23 bits per heavy atom. The normalized spacial score (nSPS) is 9.69. The number of hydrogen-bond acceptors (Lipinski definition) is 3. The predicted octanol–water partition coefficient (Wildman–Crippen LogP) is 1.63. The number of carbonyl (C=O) groups excluding carboxylic acids is 2. The van der Waals surface area contributed by atoms with Crippen LogP contribution in [0.3, 0.4) is 0 Å². The number of carbonyl (C=O) groups is 2. The molecule has 0 bridgehead atoms. The predicted molar refractivity (Wildman–Crippen MR) is 48.4 cm³/mol. The average molecular weight is 178 g/mol. The number of hydrogen-bond donors (Lipinski definition) is 1. The molecular weight excluding hydrogens is 168 g/mol. The molecule has 0 aliphatic heterocycles. The highest BCUT2D eigenvalue weighted by atomic mass is 16.3. The van der Waals surface area contributed by atoms with Gasteiger partial charge in [-0.2, -0.15) is 0 Å². The van der Waals surface area contributed by atoms with Crippen LogP contribution in [0.15, 0.2) is 6.07 Å². The Kier molecular flexibility index (Phi) is 2.46. The fraction of sp³-hybridized carbons (Fsp3) is 0.200. The van der Waals surface area contributed by atoms with E-state index in [9.17, 15) is 14.7 Å². The molecule has 1 N–H and O–H groups in total. The highest BCUT2D eigenvalue weighted by Gasteiger charge is 2.11. The van der Waals surface area contributed by atoms with Gasteiger partial charge < -0.3 is 5.11 Å². The average Bonchev–Trinajstić information content (AvgIpc) is 2.12. The van der Waals surface area contributed by atoms with E-state index in [4.69, 9.17) is 0 Å². The molecule has 0 aromatic heterocycles. The monoisotopic (exact) mass is 178 g/mol. The van der Waals surface area contributed by atoms with Crippen LogP contribution in [0.4, 0.5) is 0 Å². The fourth-order valence-corrected chi connectivity index (χ4v) is 1.19. The number of aldehydes is 2. The number of benzene rings is 1. The maximum Gasteiger partial charge on any atom is 0.154 e. The van der Waals surface area contributed by atoms with Crippen LogP contribution in [0.1, 0.15) is 31.8 Å². The summed E-state index contributed by atoms with van der Waals surface area (Å²) in [7, 11) is 0. The Hall–Kier alpha value is -1.64. The standard InChI is InChI=1S/C10H10O3/c1-6-3-8(4-11)10(13)9(5-12)7(6)2/h3-5,13H,1-2H3. The van der Waals surface area contributed by atoms with Crippen molar-refractivity contribution in [2.45, 2.75) is 13.8 Å². The molecule has 0 amide bonds. The van der Waals surface area contributed by atoms with Crippen LogP contribution in [-0.2, 0) is 0 Å². The molecule has 3 nitrogen and oxygen atoms in total. The summed E-state index contributed by atoms with van der Waals surface area (Å²) in [5.74, 6) is -0.229. The molecule has 0 atom stereocenters. The van der Waals surface area contributed by atoms with Crippen molar-refractivity contribution in [2.24, 2.45) is 0 Å². The molecule has 13 heavy (non-hydrogen) atoms. The number of phenols is 1. The Morgan fingerprint density at radius 3 is 2.31 bits per heavy atom. The summed E-state index contributed by atoms with van der Waals surface area (Å²) in [4.78, 5) is 21.1. The Labute approximate surface area is 76.0 Å². The minimum absolute atomic E-state index is 0.158. The van der Waals surface area contributed by atoms with Crippen LogP contribution in [0.5, 0.6) is 5.75 Å². The minimum atomic E-state index is -0.229. The number of phenolic OH excluding ortho intramolecular Hbond substituents is 1. The van der Waals surface area contributed by atoms with Crippen molar-refractivity contribution >= 4 is 12.6 Å². The second-order valence-corrected chi connectivity index (χ2v) is 2.91. The van der Waals surface area contributed by atoms with Crippen molar-refractivity contribution in [2.75, 3.05) is 0 Å². The van der Waals surface area contributed by atoms with Crippen LogP contribution in [0.2, 0.25) is 0 Å². The second kappa shape index (κ2) is 3.39. The van der Waals surface area contributed by atoms with Crippen molar-refractivity contribution in [1.29, 1.82) is 0 Å². The first-order valence-corrected chi connectivity index (χ1v) is 3.85. The molecule has 1 aromatic rings. The van der Waals surface area contributed by atoms with Gasteiger partial charge in [0, 0.05) is 0 Å². The van der Waals surface area contributed by atoms with Gasteiger partial charge in [-0.05, 0) is 31.0 Å². The fourth-order valence-electron chi connectivity index (χ4n) is 1.19. The molecule has 0 radical (unpaired) electrons. The molecule has 0 saturated heterocycles. The van der Waals surface area contributed by atoms with E-state index in [0.717, 1.165) is 5.56 Å². The molecule has 0 aliphatic carbocycles. The summed E-state index contributed by atoms with van der Waals surface area (Å²) in [5, 5.41) is 9.43. The summed E-state index contributed by atoms with van der Waals surface area (Å²) in [6, 6.07) is 1.56. The molecule has 0 saturated carbocycles.